The molecule has 0 saturated heterocycles. The first-order chi connectivity index (χ1) is 13.7. The second-order valence-corrected chi connectivity index (χ2v) is 8.92. The smallest absolute Gasteiger partial charge is 0.264 e. The number of halogens is 3. The van der Waals surface area contributed by atoms with Crippen LogP contribution in [0.1, 0.15) is 5.69 Å². The Bertz CT molecular complexity index is 1360. The molecule has 4 rings (SSSR count). The Morgan fingerprint density at radius 3 is 2.69 bits per heavy atom. The molecule has 0 spiro atoms. The average molecular weight is 527 g/mol. The summed E-state index contributed by atoms with van der Waals surface area (Å²) in [5.74, 6) is -2.04. The maximum absolute atomic E-state index is 14.0. The minimum Gasteiger partial charge on any atom is -0.278 e. The van der Waals surface area contributed by atoms with Crippen molar-refractivity contribution in [3.05, 3.63) is 69.8 Å². The van der Waals surface area contributed by atoms with Crippen molar-refractivity contribution in [1.29, 1.82) is 0 Å². The zero-order valence-corrected chi connectivity index (χ0v) is 17.7. The first-order valence-corrected chi connectivity index (χ1v) is 10.8. The number of sulfonamides is 1. The maximum atomic E-state index is 14.0. The summed E-state index contributed by atoms with van der Waals surface area (Å²) >= 11 is 2.12. The zero-order valence-electron chi connectivity index (χ0n) is 14.8. The highest BCUT2D eigenvalue weighted by molar-refractivity contribution is 14.1. The molecule has 0 amide bonds. The van der Waals surface area contributed by atoms with Gasteiger partial charge in [0.05, 0.1) is 26.8 Å². The Labute approximate surface area is 178 Å². The Kier molecular flexibility index (Phi) is 4.94. The molecule has 0 radical (unpaired) electrons. The SMILES string of the molecule is Cc1ncc(-c2ccn3ncc(I)c3n2)cc1NS(=O)(=O)c1ccc(F)cc1F. The van der Waals surface area contributed by atoms with Crippen molar-refractivity contribution in [2.75, 3.05) is 4.72 Å². The third kappa shape index (κ3) is 3.79. The van der Waals surface area contributed by atoms with E-state index < -0.39 is 26.6 Å². The number of hydrogen-bond acceptors (Lipinski definition) is 5. The van der Waals surface area contributed by atoms with E-state index in [1.165, 1.54) is 0 Å². The van der Waals surface area contributed by atoms with Crippen molar-refractivity contribution in [2.45, 2.75) is 11.8 Å². The number of nitrogens with zero attached hydrogens (tertiary/aromatic N) is 4. The van der Waals surface area contributed by atoms with Crippen LogP contribution in [0.4, 0.5) is 14.5 Å². The van der Waals surface area contributed by atoms with E-state index in [0.29, 0.717) is 28.7 Å². The third-order valence-corrected chi connectivity index (χ3v) is 6.30. The molecule has 0 atom stereocenters. The zero-order chi connectivity index (χ0) is 20.8. The summed E-state index contributed by atoms with van der Waals surface area (Å²) in [5.41, 5.74) is 2.33. The lowest BCUT2D eigenvalue weighted by atomic mass is 10.1. The molecule has 0 aliphatic carbocycles. The third-order valence-electron chi connectivity index (χ3n) is 4.14. The first-order valence-electron chi connectivity index (χ1n) is 8.19. The van der Waals surface area contributed by atoms with Gasteiger partial charge >= 0.3 is 0 Å². The van der Waals surface area contributed by atoms with Crippen LogP contribution in [0.3, 0.4) is 0 Å². The lowest BCUT2D eigenvalue weighted by Crippen LogP contribution is -2.16. The van der Waals surface area contributed by atoms with Crippen molar-refractivity contribution in [3.8, 4) is 11.3 Å². The van der Waals surface area contributed by atoms with Crippen molar-refractivity contribution in [2.24, 2.45) is 0 Å². The minimum atomic E-state index is -4.28. The second kappa shape index (κ2) is 7.30. The molecule has 29 heavy (non-hydrogen) atoms. The monoisotopic (exact) mass is 527 g/mol. The van der Waals surface area contributed by atoms with Gasteiger partial charge in [0, 0.05) is 24.0 Å². The van der Waals surface area contributed by atoms with E-state index in [4.69, 9.17) is 0 Å². The molecule has 3 heterocycles. The van der Waals surface area contributed by atoms with E-state index in [1.807, 2.05) is 0 Å². The molecule has 0 bridgehead atoms. The van der Waals surface area contributed by atoms with Crippen LogP contribution in [0.25, 0.3) is 16.9 Å². The lowest BCUT2D eigenvalue weighted by molar-refractivity contribution is 0.551. The minimum absolute atomic E-state index is 0.163. The van der Waals surface area contributed by atoms with Gasteiger partial charge in [0.15, 0.2) is 5.65 Å². The van der Waals surface area contributed by atoms with E-state index >= 15 is 0 Å². The first kappa shape index (κ1) is 19.6. The van der Waals surface area contributed by atoms with Crippen LogP contribution in [0.15, 0.2) is 53.8 Å². The molecule has 0 unspecified atom stereocenters. The molecular formula is C18H12F2IN5O2S. The molecule has 0 aliphatic heterocycles. The van der Waals surface area contributed by atoms with E-state index in [1.54, 1.807) is 42.2 Å². The second-order valence-electron chi connectivity index (χ2n) is 6.11. The fourth-order valence-corrected chi connectivity index (χ4v) is 4.33. The molecule has 0 saturated carbocycles. The maximum Gasteiger partial charge on any atom is 0.264 e. The topological polar surface area (TPSA) is 89.2 Å². The van der Waals surface area contributed by atoms with Gasteiger partial charge in [0.25, 0.3) is 10.0 Å². The number of aromatic nitrogens is 4. The average Bonchev–Trinajstić information content (AvgIpc) is 3.03. The lowest BCUT2D eigenvalue weighted by Gasteiger charge is -2.12. The number of hydrogen-bond donors (Lipinski definition) is 1. The van der Waals surface area contributed by atoms with Gasteiger partial charge < -0.3 is 0 Å². The van der Waals surface area contributed by atoms with E-state index in [-0.39, 0.29) is 5.69 Å². The summed E-state index contributed by atoms with van der Waals surface area (Å²) in [6, 6.07) is 5.55. The molecule has 7 nitrogen and oxygen atoms in total. The summed E-state index contributed by atoms with van der Waals surface area (Å²) in [5, 5.41) is 4.16. The van der Waals surface area contributed by atoms with Crippen molar-refractivity contribution in [3.63, 3.8) is 0 Å². The molecule has 148 valence electrons. The number of aryl methyl sites for hydroxylation is 1. The Morgan fingerprint density at radius 1 is 1.14 bits per heavy atom. The highest BCUT2D eigenvalue weighted by Crippen LogP contribution is 2.26. The summed E-state index contributed by atoms with van der Waals surface area (Å²) < 4.78 is 57.0. The van der Waals surface area contributed by atoms with Gasteiger partial charge in [-0.15, -0.1) is 0 Å². The predicted octanol–water partition coefficient (Wildman–Crippen LogP) is 3.78. The largest absolute Gasteiger partial charge is 0.278 e. The van der Waals surface area contributed by atoms with E-state index in [0.717, 1.165) is 15.7 Å². The van der Waals surface area contributed by atoms with Crippen LogP contribution < -0.4 is 4.72 Å². The van der Waals surface area contributed by atoms with Crippen molar-refractivity contribution in [1.82, 2.24) is 19.6 Å². The number of anilines is 1. The summed E-state index contributed by atoms with van der Waals surface area (Å²) in [6.07, 6.45) is 4.97. The predicted molar refractivity (Wildman–Crippen MR) is 111 cm³/mol. The molecular weight excluding hydrogens is 515 g/mol. The summed E-state index contributed by atoms with van der Waals surface area (Å²) in [6.45, 7) is 1.61. The fourth-order valence-electron chi connectivity index (χ4n) is 2.67. The highest BCUT2D eigenvalue weighted by Gasteiger charge is 2.21. The van der Waals surface area contributed by atoms with Crippen molar-refractivity contribution >= 4 is 43.9 Å². The van der Waals surface area contributed by atoms with Gasteiger partial charge in [-0.3, -0.25) is 9.71 Å². The number of fused-ring (bicyclic) bond motifs is 1. The van der Waals surface area contributed by atoms with Gasteiger partial charge in [-0.25, -0.2) is 26.7 Å². The molecule has 1 aromatic carbocycles. The van der Waals surface area contributed by atoms with Crippen LogP contribution in [0.5, 0.6) is 0 Å². The van der Waals surface area contributed by atoms with E-state index in [9.17, 15) is 17.2 Å². The number of rotatable bonds is 4. The highest BCUT2D eigenvalue weighted by atomic mass is 127. The number of nitrogens with one attached hydrogen (secondary N) is 1. The van der Waals surface area contributed by atoms with E-state index in [2.05, 4.69) is 42.4 Å². The van der Waals surface area contributed by atoms with Crippen LogP contribution >= 0.6 is 22.6 Å². The molecule has 4 aromatic rings. The molecule has 0 aliphatic rings. The standard InChI is InChI=1S/C18H12F2IN5O2S/c1-10-16(25-29(27,28)17-3-2-12(19)7-13(17)20)6-11(8-22-10)15-4-5-26-18(24-15)14(21)9-23-26/h2-9,25H,1H3. The summed E-state index contributed by atoms with van der Waals surface area (Å²) in [7, 11) is -4.28. The van der Waals surface area contributed by atoms with Gasteiger partial charge in [0.2, 0.25) is 0 Å². The molecule has 1 N–H and O–H groups in total. The van der Waals surface area contributed by atoms with Crippen LogP contribution in [-0.4, -0.2) is 28.0 Å². The van der Waals surface area contributed by atoms with Crippen LogP contribution in [0, 0.1) is 22.1 Å². The Balaban J connectivity index is 1.74. The van der Waals surface area contributed by atoms with Gasteiger partial charge in [-0.2, -0.15) is 5.10 Å². The molecule has 3 aromatic heterocycles. The van der Waals surface area contributed by atoms with Gasteiger partial charge in [-0.1, -0.05) is 0 Å². The summed E-state index contributed by atoms with van der Waals surface area (Å²) in [4.78, 5) is 8.09. The Hall–Kier alpha value is -2.67. The number of pyridine rings is 1. The molecule has 0 fully saturated rings. The van der Waals surface area contributed by atoms with Crippen molar-refractivity contribution < 1.29 is 17.2 Å². The Morgan fingerprint density at radius 2 is 1.93 bits per heavy atom. The van der Waals surface area contributed by atoms with Gasteiger partial charge in [0.1, 0.15) is 16.5 Å². The van der Waals surface area contributed by atoms with Crippen LogP contribution in [-0.2, 0) is 10.0 Å². The quantitative estimate of drug-likeness (QED) is 0.409. The fraction of sp³-hybridized carbons (Fsp3) is 0.0556. The normalized spacial score (nSPS) is 11.7. The van der Waals surface area contributed by atoms with Gasteiger partial charge in [-0.05, 0) is 53.8 Å². The molecule has 11 heteroatoms. The van der Waals surface area contributed by atoms with Crippen LogP contribution in [0.2, 0.25) is 0 Å². The number of benzene rings is 1.